The van der Waals surface area contributed by atoms with Crippen molar-refractivity contribution >= 4 is 5.78 Å². The van der Waals surface area contributed by atoms with E-state index in [1.807, 2.05) is 20.8 Å². The summed E-state index contributed by atoms with van der Waals surface area (Å²) in [5.74, 6) is 0.286. The molecule has 0 unspecified atom stereocenters. The quantitative estimate of drug-likeness (QED) is 0.711. The standard InChI is InChI=1S/C15H24O4/c1-10(2)15(18)14(17)8-11(3)4-5-13(16)12-6-7-19-9-12/h6-7,9-11,14-15,17-18H,4-5,8H2,1-3H3/t11-,14+,15-/m1/s1. The zero-order valence-corrected chi connectivity index (χ0v) is 11.9. The molecule has 0 spiro atoms. The highest BCUT2D eigenvalue weighted by atomic mass is 16.3. The van der Waals surface area contributed by atoms with E-state index < -0.39 is 12.2 Å². The van der Waals surface area contributed by atoms with Gasteiger partial charge in [0.2, 0.25) is 0 Å². The summed E-state index contributed by atoms with van der Waals surface area (Å²) >= 11 is 0. The summed E-state index contributed by atoms with van der Waals surface area (Å²) < 4.78 is 4.87. The molecule has 4 nitrogen and oxygen atoms in total. The first kappa shape index (κ1) is 15.9. The summed E-state index contributed by atoms with van der Waals surface area (Å²) in [6.07, 6.45) is 3.16. The molecule has 0 aliphatic heterocycles. The SMILES string of the molecule is CC(C)[C@@H](O)[C@@H](O)C[C@H](C)CCC(=O)c1ccoc1. The van der Waals surface area contributed by atoms with Gasteiger partial charge < -0.3 is 14.6 Å². The highest BCUT2D eigenvalue weighted by molar-refractivity contribution is 5.95. The lowest BCUT2D eigenvalue weighted by molar-refractivity contribution is -0.0196. The minimum atomic E-state index is -0.723. The van der Waals surface area contributed by atoms with Crippen molar-refractivity contribution in [1.82, 2.24) is 0 Å². The number of furan rings is 1. The Morgan fingerprint density at radius 3 is 2.53 bits per heavy atom. The van der Waals surface area contributed by atoms with Gasteiger partial charge in [0.1, 0.15) is 6.26 Å². The lowest BCUT2D eigenvalue weighted by atomic mass is 9.91. The maximum Gasteiger partial charge on any atom is 0.166 e. The molecule has 0 fully saturated rings. The Kier molecular flexibility index (Phi) is 6.25. The molecule has 1 rings (SSSR count). The summed E-state index contributed by atoms with van der Waals surface area (Å²) in [6.45, 7) is 5.74. The number of rotatable bonds is 8. The van der Waals surface area contributed by atoms with E-state index >= 15 is 0 Å². The Labute approximate surface area is 114 Å². The molecule has 4 heteroatoms. The van der Waals surface area contributed by atoms with Crippen LogP contribution in [-0.4, -0.2) is 28.2 Å². The topological polar surface area (TPSA) is 70.7 Å². The third-order valence-electron chi connectivity index (χ3n) is 3.43. The minimum absolute atomic E-state index is 0.0368. The second-order valence-corrected chi connectivity index (χ2v) is 5.62. The molecule has 1 aromatic heterocycles. The predicted molar refractivity (Wildman–Crippen MR) is 72.9 cm³/mol. The molecule has 19 heavy (non-hydrogen) atoms. The smallest absolute Gasteiger partial charge is 0.166 e. The largest absolute Gasteiger partial charge is 0.472 e. The van der Waals surface area contributed by atoms with Crippen molar-refractivity contribution in [3.05, 3.63) is 24.2 Å². The Hall–Kier alpha value is -1.13. The van der Waals surface area contributed by atoms with Gasteiger partial charge in [-0.3, -0.25) is 4.79 Å². The Balaban J connectivity index is 2.32. The van der Waals surface area contributed by atoms with Gasteiger partial charge >= 0.3 is 0 Å². The molecular formula is C15H24O4. The first-order chi connectivity index (χ1) is 8.91. The number of carbonyl (C=O) groups is 1. The number of hydrogen-bond acceptors (Lipinski definition) is 4. The Morgan fingerprint density at radius 1 is 1.32 bits per heavy atom. The van der Waals surface area contributed by atoms with Crippen molar-refractivity contribution in [3.8, 4) is 0 Å². The van der Waals surface area contributed by atoms with E-state index in [4.69, 9.17) is 4.42 Å². The maximum absolute atomic E-state index is 11.8. The van der Waals surface area contributed by atoms with Crippen LogP contribution in [0.3, 0.4) is 0 Å². The molecule has 0 amide bonds. The summed E-state index contributed by atoms with van der Waals surface area (Å²) in [7, 11) is 0. The normalized spacial score (nSPS) is 16.3. The lowest BCUT2D eigenvalue weighted by Gasteiger charge is -2.23. The molecule has 1 aromatic rings. The van der Waals surface area contributed by atoms with Crippen LogP contribution in [0.4, 0.5) is 0 Å². The van der Waals surface area contributed by atoms with Crippen molar-refractivity contribution in [2.45, 2.75) is 52.2 Å². The summed E-state index contributed by atoms with van der Waals surface area (Å²) in [6, 6.07) is 1.66. The van der Waals surface area contributed by atoms with E-state index in [1.54, 1.807) is 6.07 Å². The van der Waals surface area contributed by atoms with Gasteiger partial charge in [-0.15, -0.1) is 0 Å². The molecular weight excluding hydrogens is 244 g/mol. The van der Waals surface area contributed by atoms with E-state index in [1.165, 1.54) is 12.5 Å². The van der Waals surface area contributed by atoms with Gasteiger partial charge in [0, 0.05) is 6.42 Å². The second-order valence-electron chi connectivity index (χ2n) is 5.62. The monoisotopic (exact) mass is 268 g/mol. The first-order valence-corrected chi connectivity index (χ1v) is 6.83. The summed E-state index contributed by atoms with van der Waals surface area (Å²) in [5.41, 5.74) is 0.593. The van der Waals surface area contributed by atoms with Crippen LogP contribution < -0.4 is 0 Å². The minimum Gasteiger partial charge on any atom is -0.472 e. The number of ketones is 1. The zero-order valence-electron chi connectivity index (χ0n) is 11.9. The summed E-state index contributed by atoms with van der Waals surface area (Å²) in [4.78, 5) is 11.8. The molecule has 0 bridgehead atoms. The third-order valence-corrected chi connectivity index (χ3v) is 3.43. The van der Waals surface area contributed by atoms with Gasteiger partial charge in [-0.05, 0) is 30.7 Å². The van der Waals surface area contributed by atoms with Crippen LogP contribution in [-0.2, 0) is 0 Å². The molecule has 108 valence electrons. The Morgan fingerprint density at radius 2 is 2.00 bits per heavy atom. The van der Waals surface area contributed by atoms with Gasteiger partial charge in [-0.1, -0.05) is 20.8 Å². The van der Waals surface area contributed by atoms with Crippen molar-refractivity contribution in [2.24, 2.45) is 11.8 Å². The third kappa shape index (κ3) is 5.17. The van der Waals surface area contributed by atoms with Crippen molar-refractivity contribution in [1.29, 1.82) is 0 Å². The van der Waals surface area contributed by atoms with E-state index in [9.17, 15) is 15.0 Å². The molecule has 3 atom stereocenters. The first-order valence-electron chi connectivity index (χ1n) is 6.83. The van der Waals surface area contributed by atoms with Crippen LogP contribution in [0.15, 0.2) is 23.0 Å². The molecule has 0 aromatic carbocycles. The molecule has 0 aliphatic rings. The van der Waals surface area contributed by atoms with Gasteiger partial charge in [0.05, 0.1) is 24.0 Å². The fraction of sp³-hybridized carbons (Fsp3) is 0.667. The predicted octanol–water partition coefficient (Wildman–Crippen LogP) is 2.65. The fourth-order valence-electron chi connectivity index (χ4n) is 2.06. The summed E-state index contributed by atoms with van der Waals surface area (Å²) in [5, 5.41) is 19.6. The second kappa shape index (κ2) is 7.46. The van der Waals surface area contributed by atoms with Crippen LogP contribution >= 0.6 is 0 Å². The van der Waals surface area contributed by atoms with Crippen molar-refractivity contribution in [2.75, 3.05) is 0 Å². The highest BCUT2D eigenvalue weighted by Crippen LogP contribution is 2.19. The van der Waals surface area contributed by atoms with E-state index in [-0.39, 0.29) is 17.6 Å². The molecule has 0 saturated carbocycles. The van der Waals surface area contributed by atoms with Gasteiger partial charge in [0.25, 0.3) is 0 Å². The van der Waals surface area contributed by atoms with Crippen LogP contribution in [0.5, 0.6) is 0 Å². The number of Topliss-reactive ketones (excluding diaryl/α,β-unsaturated/α-hetero) is 1. The number of hydrogen-bond donors (Lipinski definition) is 2. The molecule has 0 saturated heterocycles. The number of aliphatic hydroxyl groups is 2. The number of aliphatic hydroxyl groups excluding tert-OH is 2. The average molecular weight is 268 g/mol. The molecule has 2 N–H and O–H groups in total. The molecule has 0 aliphatic carbocycles. The number of carbonyl (C=O) groups excluding carboxylic acids is 1. The van der Waals surface area contributed by atoms with E-state index in [2.05, 4.69) is 0 Å². The lowest BCUT2D eigenvalue weighted by Crippen LogP contribution is -2.32. The van der Waals surface area contributed by atoms with Gasteiger partial charge in [-0.2, -0.15) is 0 Å². The van der Waals surface area contributed by atoms with Crippen LogP contribution in [0.25, 0.3) is 0 Å². The van der Waals surface area contributed by atoms with Crippen molar-refractivity contribution < 1.29 is 19.4 Å². The average Bonchev–Trinajstić information content (AvgIpc) is 2.88. The molecule has 0 radical (unpaired) electrons. The van der Waals surface area contributed by atoms with E-state index in [0.717, 1.165) is 0 Å². The highest BCUT2D eigenvalue weighted by Gasteiger charge is 2.22. The van der Waals surface area contributed by atoms with Crippen LogP contribution in [0.1, 0.15) is 50.4 Å². The van der Waals surface area contributed by atoms with Crippen LogP contribution in [0.2, 0.25) is 0 Å². The van der Waals surface area contributed by atoms with Crippen LogP contribution in [0, 0.1) is 11.8 Å². The van der Waals surface area contributed by atoms with Gasteiger partial charge in [-0.25, -0.2) is 0 Å². The molecule has 1 heterocycles. The van der Waals surface area contributed by atoms with Gasteiger partial charge in [0.15, 0.2) is 5.78 Å². The fourth-order valence-corrected chi connectivity index (χ4v) is 2.06. The maximum atomic E-state index is 11.8. The van der Waals surface area contributed by atoms with Crippen molar-refractivity contribution in [3.63, 3.8) is 0 Å². The Bertz CT molecular complexity index is 370. The zero-order chi connectivity index (χ0) is 14.4. The van der Waals surface area contributed by atoms with E-state index in [0.29, 0.717) is 24.8 Å².